The summed E-state index contributed by atoms with van der Waals surface area (Å²) >= 11 is 0. The molecule has 0 N–H and O–H groups in total. The zero-order valence-corrected chi connectivity index (χ0v) is 15.3. The van der Waals surface area contributed by atoms with Gasteiger partial charge < -0.3 is 9.47 Å². The quantitative estimate of drug-likeness (QED) is 0.229. The van der Waals surface area contributed by atoms with Crippen LogP contribution in [0.4, 0.5) is 0 Å². The molecule has 0 heterocycles. The van der Waals surface area contributed by atoms with Crippen molar-refractivity contribution in [3.05, 3.63) is 45.6 Å². The fourth-order valence-electron chi connectivity index (χ4n) is 1.38. The van der Waals surface area contributed by atoms with Gasteiger partial charge >= 0.3 is 45.8 Å². The number of hydrogen-bond acceptors (Lipinski definition) is 4. The van der Waals surface area contributed by atoms with Crippen LogP contribution in [0.2, 0.25) is 0 Å². The Morgan fingerprint density at radius 2 is 1.33 bits per heavy atom. The summed E-state index contributed by atoms with van der Waals surface area (Å²) in [4.78, 5) is 23.5. The molecule has 0 aromatic heterocycles. The molecule has 24 heavy (non-hydrogen) atoms. The maximum Gasteiger partial charge on any atom is 0.323 e. The summed E-state index contributed by atoms with van der Waals surface area (Å²) in [5.41, 5.74) is -1.34. The van der Waals surface area contributed by atoms with Crippen LogP contribution in [0.25, 0.3) is 0 Å². The molecule has 0 aromatic carbocycles. The van der Waals surface area contributed by atoms with Crippen molar-refractivity contribution in [3.8, 4) is 0 Å². The predicted molar refractivity (Wildman–Crippen MR) is 76.0 cm³/mol. The van der Waals surface area contributed by atoms with Crippen LogP contribution in [0, 0.1) is 57.0 Å². The molecule has 0 aromatic rings. The number of carbonyl (C=O) groups is 2. The van der Waals surface area contributed by atoms with Gasteiger partial charge in [-0.15, -0.1) is 0 Å². The first-order valence-corrected chi connectivity index (χ1v) is 5.92. The molecular formula is C16H20FeO7. The van der Waals surface area contributed by atoms with Crippen molar-refractivity contribution in [2.75, 3.05) is 14.2 Å². The monoisotopic (exact) mass is 380 g/mol. The third kappa shape index (κ3) is 12.1. The first-order valence-electron chi connectivity index (χ1n) is 5.92. The predicted octanol–water partition coefficient (Wildman–Crippen LogP) is 1.70. The Balaban J connectivity index is -0.000000153. The van der Waals surface area contributed by atoms with Gasteiger partial charge in [-0.1, -0.05) is 13.8 Å². The molecule has 4 radical (unpaired) electrons. The van der Waals surface area contributed by atoms with Crippen LogP contribution in [-0.2, 0) is 50.1 Å². The minimum absolute atomic E-state index is 0. The zero-order valence-electron chi connectivity index (χ0n) is 14.2. The summed E-state index contributed by atoms with van der Waals surface area (Å²) in [6.45, 7) is 22.3. The Morgan fingerprint density at radius 3 is 1.54 bits per heavy atom. The number of carbonyl (C=O) groups excluding carboxylic acids is 2. The molecular weight excluding hydrogens is 360 g/mol. The number of methoxy groups -OCH3 is 2. The molecule has 0 spiro atoms. The van der Waals surface area contributed by atoms with Crippen molar-refractivity contribution >= 4 is 11.9 Å². The van der Waals surface area contributed by atoms with Crippen LogP contribution < -0.4 is 0 Å². The number of rotatable bonds is 6. The van der Waals surface area contributed by atoms with Crippen LogP contribution in [0.1, 0.15) is 20.8 Å². The summed E-state index contributed by atoms with van der Waals surface area (Å²) in [7, 11) is 2.50. The van der Waals surface area contributed by atoms with Crippen molar-refractivity contribution in [2.45, 2.75) is 20.8 Å². The second-order valence-corrected chi connectivity index (χ2v) is 4.18. The fourth-order valence-corrected chi connectivity index (χ4v) is 1.38. The van der Waals surface area contributed by atoms with Gasteiger partial charge in [0, 0.05) is 17.1 Å². The molecule has 1 atom stereocenters. The van der Waals surface area contributed by atoms with E-state index in [1.807, 2.05) is 6.92 Å². The Bertz CT molecular complexity index is 355. The Kier molecular flexibility index (Phi) is 30.8. The normalized spacial score (nSPS) is 9.71. The maximum atomic E-state index is 11.7. The van der Waals surface area contributed by atoms with Crippen LogP contribution in [-0.4, -0.2) is 26.2 Å². The molecule has 8 heteroatoms. The SMILES string of the molecule is [C-]#[O+].[C-]#[O+].[C-]#[O+].[CH2][C](C)[CH][CH][C@@H](C)C(C)(C(=O)OC)C(=O)OC.[Fe]. The molecule has 0 saturated heterocycles. The largest absolute Gasteiger partial charge is 0.468 e. The van der Waals surface area contributed by atoms with Gasteiger partial charge in [0.2, 0.25) is 0 Å². The average Bonchev–Trinajstić information content (AvgIpc) is 2.62. The molecule has 0 saturated carbocycles. The summed E-state index contributed by atoms with van der Waals surface area (Å²) < 4.78 is 31.8. The van der Waals surface area contributed by atoms with Gasteiger partial charge in [0.05, 0.1) is 14.2 Å². The number of hydrogen-bond donors (Lipinski definition) is 0. The summed E-state index contributed by atoms with van der Waals surface area (Å²) in [6.07, 6.45) is 3.50. The first kappa shape index (κ1) is 34.1. The van der Waals surface area contributed by atoms with Gasteiger partial charge in [-0.05, 0) is 38.5 Å². The molecule has 0 fully saturated rings. The van der Waals surface area contributed by atoms with Gasteiger partial charge in [0.25, 0.3) is 0 Å². The molecule has 134 valence electrons. The summed E-state index contributed by atoms with van der Waals surface area (Å²) in [5.74, 6) is -0.723. The second kappa shape index (κ2) is 21.7. The van der Waals surface area contributed by atoms with Crippen LogP contribution in [0.5, 0.6) is 0 Å². The van der Waals surface area contributed by atoms with Crippen molar-refractivity contribution in [3.63, 3.8) is 0 Å². The van der Waals surface area contributed by atoms with Crippen LogP contribution in [0.15, 0.2) is 0 Å². The third-order valence-corrected chi connectivity index (χ3v) is 2.80. The standard InChI is InChI=1S/C13H20O4.3CO.Fe/c1-9(2)7-8-10(3)13(4,11(14)16-5)12(15)17-6;3*1-2;/h7-8,10H,1H2,2-6H3;;;;/t10-;;;;/m1..../s1. The van der Waals surface area contributed by atoms with E-state index in [-0.39, 0.29) is 23.0 Å². The summed E-state index contributed by atoms with van der Waals surface area (Å²) in [6, 6.07) is 0. The van der Waals surface area contributed by atoms with E-state index in [1.54, 1.807) is 19.8 Å². The molecule has 0 amide bonds. The molecule has 0 aliphatic carbocycles. The molecule has 0 unspecified atom stereocenters. The smallest absolute Gasteiger partial charge is 0.323 e. The van der Waals surface area contributed by atoms with E-state index >= 15 is 0 Å². The van der Waals surface area contributed by atoms with Gasteiger partial charge in [-0.25, -0.2) is 0 Å². The molecule has 0 aliphatic rings. The third-order valence-electron chi connectivity index (χ3n) is 2.80. The van der Waals surface area contributed by atoms with E-state index in [0.717, 1.165) is 5.92 Å². The molecule has 0 bridgehead atoms. The van der Waals surface area contributed by atoms with Crippen LogP contribution >= 0.6 is 0 Å². The minimum Gasteiger partial charge on any atom is -0.468 e. The van der Waals surface area contributed by atoms with Gasteiger partial charge in [-0.3, -0.25) is 9.59 Å². The fraction of sp³-hybridized carbons (Fsp3) is 0.438. The second-order valence-electron chi connectivity index (χ2n) is 4.18. The zero-order chi connectivity index (χ0) is 19.6. The number of ether oxygens (including phenoxy) is 2. The van der Waals surface area contributed by atoms with E-state index in [2.05, 4.69) is 36.3 Å². The molecule has 0 aliphatic heterocycles. The maximum absolute atomic E-state index is 11.7. The van der Waals surface area contributed by atoms with E-state index in [9.17, 15) is 9.59 Å². The van der Waals surface area contributed by atoms with Crippen molar-refractivity contribution in [1.29, 1.82) is 0 Å². The summed E-state index contributed by atoms with van der Waals surface area (Å²) in [5, 5.41) is 0. The van der Waals surface area contributed by atoms with Crippen LogP contribution in [0.3, 0.4) is 0 Å². The van der Waals surface area contributed by atoms with E-state index < -0.39 is 17.4 Å². The van der Waals surface area contributed by atoms with Crippen molar-refractivity contribution < 1.29 is 50.1 Å². The molecule has 7 nitrogen and oxygen atoms in total. The van der Waals surface area contributed by atoms with E-state index in [0.29, 0.717) is 0 Å². The van der Waals surface area contributed by atoms with E-state index in [1.165, 1.54) is 21.1 Å². The van der Waals surface area contributed by atoms with Gasteiger partial charge in [0.1, 0.15) is 0 Å². The van der Waals surface area contributed by atoms with Gasteiger partial charge in [0.15, 0.2) is 5.41 Å². The molecule has 0 rings (SSSR count). The number of esters is 2. The van der Waals surface area contributed by atoms with Gasteiger partial charge in [-0.2, -0.15) is 0 Å². The Labute approximate surface area is 154 Å². The topological polar surface area (TPSA) is 112 Å². The van der Waals surface area contributed by atoms with Crippen molar-refractivity contribution in [1.82, 2.24) is 0 Å². The Morgan fingerprint density at radius 1 is 1.04 bits per heavy atom. The average molecular weight is 380 g/mol. The first-order chi connectivity index (χ1) is 10.8. The Hall–Kier alpha value is -1.32. The van der Waals surface area contributed by atoms with Crippen molar-refractivity contribution in [2.24, 2.45) is 11.3 Å². The van der Waals surface area contributed by atoms with E-state index in [4.69, 9.17) is 14.0 Å². The minimum atomic E-state index is -1.34.